The van der Waals surface area contributed by atoms with Crippen molar-refractivity contribution >= 4 is 34.8 Å². The summed E-state index contributed by atoms with van der Waals surface area (Å²) in [6.45, 7) is 3.41. The van der Waals surface area contributed by atoms with Gasteiger partial charge in [0.15, 0.2) is 0 Å². The van der Waals surface area contributed by atoms with Crippen molar-refractivity contribution in [2.75, 3.05) is 18.8 Å². The van der Waals surface area contributed by atoms with E-state index in [-0.39, 0.29) is 10.9 Å². The second-order valence-corrected chi connectivity index (χ2v) is 5.44. The lowest BCUT2D eigenvalue weighted by Gasteiger charge is -2.21. The number of hydrogen-bond donors (Lipinski definition) is 1. The van der Waals surface area contributed by atoms with Crippen molar-refractivity contribution in [1.29, 1.82) is 0 Å². The molecule has 1 saturated carbocycles. The topological polar surface area (TPSA) is 46.3 Å². The molecule has 98 valence electrons. The van der Waals surface area contributed by atoms with E-state index in [1.807, 2.05) is 6.92 Å². The van der Waals surface area contributed by atoms with Gasteiger partial charge in [-0.05, 0) is 37.8 Å². The number of carbonyl (C=O) groups is 1. The van der Waals surface area contributed by atoms with Crippen LogP contribution < -0.4 is 5.73 Å². The predicted molar refractivity (Wildman–Crippen MR) is 75.2 cm³/mol. The minimum atomic E-state index is -0.0939. The molecule has 3 nitrogen and oxygen atoms in total. The summed E-state index contributed by atoms with van der Waals surface area (Å²) in [5.74, 6) is 0.549. The highest BCUT2D eigenvalue weighted by Crippen LogP contribution is 2.32. The van der Waals surface area contributed by atoms with E-state index in [2.05, 4.69) is 0 Å². The molecule has 0 saturated heterocycles. The summed E-state index contributed by atoms with van der Waals surface area (Å²) in [5.41, 5.74) is 6.55. The third-order valence-corrected chi connectivity index (χ3v) is 3.93. The molecule has 0 unspecified atom stereocenters. The normalized spacial score (nSPS) is 14.6. The van der Waals surface area contributed by atoms with E-state index in [0.29, 0.717) is 28.7 Å². The van der Waals surface area contributed by atoms with Crippen LogP contribution >= 0.6 is 23.2 Å². The Balaban J connectivity index is 2.25. The number of benzene rings is 1. The summed E-state index contributed by atoms with van der Waals surface area (Å²) >= 11 is 12.0. The van der Waals surface area contributed by atoms with Crippen LogP contribution in [0, 0.1) is 5.92 Å². The Bertz CT molecular complexity index is 472. The molecule has 0 heterocycles. The average molecular weight is 287 g/mol. The Labute approximate surface area is 117 Å². The Hall–Kier alpha value is -0.930. The van der Waals surface area contributed by atoms with Gasteiger partial charge in [0.2, 0.25) is 0 Å². The highest BCUT2D eigenvalue weighted by Gasteiger charge is 2.27. The summed E-state index contributed by atoms with van der Waals surface area (Å²) in [6.07, 6.45) is 2.41. The fraction of sp³-hybridized carbons (Fsp3) is 0.462. The first-order valence-electron chi connectivity index (χ1n) is 6.06. The molecule has 2 rings (SSSR count). The van der Waals surface area contributed by atoms with Crippen LogP contribution in [0.1, 0.15) is 30.1 Å². The van der Waals surface area contributed by atoms with Crippen molar-refractivity contribution in [1.82, 2.24) is 4.90 Å². The molecule has 1 aromatic rings. The molecule has 1 aliphatic rings. The van der Waals surface area contributed by atoms with Gasteiger partial charge in [0, 0.05) is 18.8 Å². The molecular weight excluding hydrogens is 271 g/mol. The number of nitrogen functional groups attached to an aromatic ring is 1. The van der Waals surface area contributed by atoms with E-state index in [4.69, 9.17) is 28.9 Å². The van der Waals surface area contributed by atoms with Crippen molar-refractivity contribution in [2.45, 2.75) is 19.8 Å². The molecule has 0 aromatic heterocycles. The van der Waals surface area contributed by atoms with Gasteiger partial charge in [-0.15, -0.1) is 0 Å². The second kappa shape index (κ2) is 5.37. The Morgan fingerprint density at radius 3 is 2.67 bits per heavy atom. The number of hydrogen-bond acceptors (Lipinski definition) is 2. The molecule has 0 atom stereocenters. The lowest BCUT2D eigenvalue weighted by atomic mass is 10.1. The minimum absolute atomic E-state index is 0.0939. The summed E-state index contributed by atoms with van der Waals surface area (Å²) in [6, 6.07) is 3.14. The average Bonchev–Trinajstić information content (AvgIpc) is 3.13. The molecular formula is C13H16Cl2N2O. The van der Waals surface area contributed by atoms with Crippen molar-refractivity contribution in [2.24, 2.45) is 5.92 Å². The van der Waals surface area contributed by atoms with Crippen LogP contribution in [-0.2, 0) is 0 Å². The van der Waals surface area contributed by atoms with Gasteiger partial charge in [0.25, 0.3) is 5.91 Å². The Morgan fingerprint density at radius 2 is 2.11 bits per heavy atom. The molecule has 1 fully saturated rings. The molecule has 1 amide bonds. The maximum Gasteiger partial charge on any atom is 0.255 e. The van der Waals surface area contributed by atoms with Gasteiger partial charge in [-0.3, -0.25) is 4.79 Å². The number of anilines is 1. The Kier molecular flexibility index (Phi) is 4.03. The summed E-state index contributed by atoms with van der Waals surface area (Å²) < 4.78 is 0. The monoisotopic (exact) mass is 286 g/mol. The molecule has 1 aromatic carbocycles. The maximum atomic E-state index is 12.4. The summed E-state index contributed by atoms with van der Waals surface area (Å²) in [5, 5.41) is 0.604. The first-order valence-corrected chi connectivity index (χ1v) is 6.82. The summed E-state index contributed by atoms with van der Waals surface area (Å²) in [4.78, 5) is 14.2. The third kappa shape index (κ3) is 2.90. The molecule has 2 N–H and O–H groups in total. The number of nitrogens with zero attached hydrogens (tertiary/aromatic N) is 1. The molecule has 1 aliphatic carbocycles. The second-order valence-electron chi connectivity index (χ2n) is 4.65. The Morgan fingerprint density at radius 1 is 1.44 bits per heavy atom. The zero-order valence-electron chi connectivity index (χ0n) is 10.2. The number of carbonyl (C=O) groups excluding carboxylic acids is 1. The summed E-state index contributed by atoms with van der Waals surface area (Å²) in [7, 11) is 0. The van der Waals surface area contributed by atoms with Crippen molar-refractivity contribution in [3.8, 4) is 0 Å². The van der Waals surface area contributed by atoms with Gasteiger partial charge >= 0.3 is 0 Å². The minimum Gasteiger partial charge on any atom is -0.399 e. The van der Waals surface area contributed by atoms with Crippen LogP contribution in [0.3, 0.4) is 0 Å². The van der Waals surface area contributed by atoms with Crippen molar-refractivity contribution in [3.63, 3.8) is 0 Å². The van der Waals surface area contributed by atoms with Gasteiger partial charge in [-0.2, -0.15) is 0 Å². The quantitative estimate of drug-likeness (QED) is 0.862. The van der Waals surface area contributed by atoms with Crippen LogP contribution in [0.5, 0.6) is 0 Å². The molecule has 0 aliphatic heterocycles. The third-order valence-electron chi connectivity index (χ3n) is 3.13. The smallest absolute Gasteiger partial charge is 0.255 e. The van der Waals surface area contributed by atoms with E-state index in [1.54, 1.807) is 17.0 Å². The first kappa shape index (κ1) is 13.5. The lowest BCUT2D eigenvalue weighted by Crippen LogP contribution is -2.33. The first-order chi connectivity index (χ1) is 8.52. The molecule has 0 bridgehead atoms. The van der Waals surface area contributed by atoms with E-state index < -0.39 is 0 Å². The molecule has 0 spiro atoms. The van der Waals surface area contributed by atoms with Gasteiger partial charge in [0.1, 0.15) is 0 Å². The van der Waals surface area contributed by atoms with Crippen LogP contribution in [0.25, 0.3) is 0 Å². The highest BCUT2D eigenvalue weighted by molar-refractivity contribution is 6.44. The maximum absolute atomic E-state index is 12.4. The number of halogens is 2. The fourth-order valence-corrected chi connectivity index (χ4v) is 2.32. The fourth-order valence-electron chi connectivity index (χ4n) is 1.90. The zero-order chi connectivity index (χ0) is 13.3. The van der Waals surface area contributed by atoms with Crippen LogP contribution in [0.15, 0.2) is 12.1 Å². The number of nitrogens with two attached hydrogens (primary N) is 1. The SMILES string of the molecule is CCN(CC1CC1)C(=O)c1cc(N)cc(Cl)c1Cl. The zero-order valence-corrected chi connectivity index (χ0v) is 11.8. The predicted octanol–water partition coefficient (Wildman–Crippen LogP) is 3.45. The van der Waals surface area contributed by atoms with Gasteiger partial charge in [-0.1, -0.05) is 23.2 Å². The van der Waals surface area contributed by atoms with Crippen LogP contribution in [0.4, 0.5) is 5.69 Å². The molecule has 5 heteroatoms. The van der Waals surface area contributed by atoms with E-state index in [9.17, 15) is 4.79 Å². The van der Waals surface area contributed by atoms with Crippen molar-refractivity contribution in [3.05, 3.63) is 27.7 Å². The lowest BCUT2D eigenvalue weighted by molar-refractivity contribution is 0.0757. The molecule has 18 heavy (non-hydrogen) atoms. The largest absolute Gasteiger partial charge is 0.399 e. The van der Waals surface area contributed by atoms with Crippen molar-refractivity contribution < 1.29 is 4.79 Å². The van der Waals surface area contributed by atoms with Gasteiger partial charge in [-0.25, -0.2) is 0 Å². The van der Waals surface area contributed by atoms with E-state index in [1.165, 1.54) is 12.8 Å². The number of rotatable bonds is 4. The molecule has 0 radical (unpaired) electrons. The standard InChI is InChI=1S/C13H16Cl2N2O/c1-2-17(7-8-3-4-8)13(18)10-5-9(16)6-11(14)12(10)15/h5-6,8H,2-4,7,16H2,1H3. The van der Waals surface area contributed by atoms with E-state index >= 15 is 0 Å². The van der Waals surface area contributed by atoms with Gasteiger partial charge in [0.05, 0.1) is 15.6 Å². The number of amides is 1. The van der Waals surface area contributed by atoms with Gasteiger partial charge < -0.3 is 10.6 Å². The van der Waals surface area contributed by atoms with E-state index in [0.717, 1.165) is 6.54 Å². The van der Waals surface area contributed by atoms with Crippen LogP contribution in [0.2, 0.25) is 10.0 Å². The highest BCUT2D eigenvalue weighted by atomic mass is 35.5. The van der Waals surface area contributed by atoms with Crippen LogP contribution in [-0.4, -0.2) is 23.9 Å².